The lowest BCUT2D eigenvalue weighted by molar-refractivity contribution is -0.385. The highest BCUT2D eigenvalue weighted by atomic mass is 35.5. The highest BCUT2D eigenvalue weighted by Crippen LogP contribution is 2.25. The van der Waals surface area contributed by atoms with Gasteiger partial charge in [0.1, 0.15) is 0 Å². The first-order valence-corrected chi connectivity index (χ1v) is 7.30. The summed E-state index contributed by atoms with van der Waals surface area (Å²) in [6, 6.07) is 10.0. The zero-order chi connectivity index (χ0) is 17.0. The average Bonchev–Trinajstić information content (AvgIpc) is 2.48. The molecule has 0 aliphatic heterocycles. The van der Waals surface area contributed by atoms with Gasteiger partial charge in [-0.05, 0) is 37.6 Å². The second-order valence-corrected chi connectivity index (χ2v) is 5.50. The number of hydrogen-bond donors (Lipinski definition) is 2. The first kappa shape index (κ1) is 16.8. The lowest BCUT2D eigenvalue weighted by Crippen LogP contribution is -2.22. The Balaban J connectivity index is 2.03. The van der Waals surface area contributed by atoms with Gasteiger partial charge in [0.15, 0.2) is 0 Å². The minimum absolute atomic E-state index is 0.00487. The zero-order valence-electron chi connectivity index (χ0n) is 12.7. The Bertz CT molecular complexity index is 762. The summed E-state index contributed by atoms with van der Waals surface area (Å²) in [6.07, 6.45) is 0. The molecule has 0 heterocycles. The number of carbonyl (C=O) groups is 1. The van der Waals surface area contributed by atoms with Gasteiger partial charge in [0.05, 0.1) is 33.4 Å². The molecule has 0 spiro atoms. The summed E-state index contributed by atoms with van der Waals surface area (Å²) in [4.78, 5) is 22.4. The Kier molecular flexibility index (Phi) is 5.18. The van der Waals surface area contributed by atoms with Crippen molar-refractivity contribution in [3.63, 3.8) is 0 Å². The van der Waals surface area contributed by atoms with Crippen molar-refractivity contribution >= 4 is 34.6 Å². The summed E-state index contributed by atoms with van der Waals surface area (Å²) in [5.74, 6) is -0.315. The molecule has 120 valence electrons. The maximum Gasteiger partial charge on any atom is 0.274 e. The van der Waals surface area contributed by atoms with Gasteiger partial charge in [-0.1, -0.05) is 23.7 Å². The van der Waals surface area contributed by atoms with E-state index in [9.17, 15) is 14.9 Å². The van der Waals surface area contributed by atoms with Gasteiger partial charge in [-0.2, -0.15) is 0 Å². The van der Waals surface area contributed by atoms with Crippen LogP contribution in [0.1, 0.15) is 11.1 Å². The smallest absolute Gasteiger partial charge is 0.274 e. The summed E-state index contributed by atoms with van der Waals surface area (Å²) in [6.45, 7) is 3.52. The summed E-state index contributed by atoms with van der Waals surface area (Å²) < 4.78 is 0. The summed E-state index contributed by atoms with van der Waals surface area (Å²) in [5, 5.41) is 17.0. The second kappa shape index (κ2) is 7.11. The van der Waals surface area contributed by atoms with E-state index in [4.69, 9.17) is 11.6 Å². The third kappa shape index (κ3) is 4.20. The Morgan fingerprint density at radius 3 is 2.61 bits per heavy atom. The molecule has 7 heteroatoms. The second-order valence-electron chi connectivity index (χ2n) is 5.09. The van der Waals surface area contributed by atoms with Crippen LogP contribution in [-0.4, -0.2) is 17.4 Å². The van der Waals surface area contributed by atoms with Crippen LogP contribution in [0.2, 0.25) is 5.02 Å². The van der Waals surface area contributed by atoms with Crippen LogP contribution in [0.5, 0.6) is 0 Å². The number of aryl methyl sites for hydroxylation is 1. The third-order valence-electron chi connectivity index (χ3n) is 3.34. The van der Waals surface area contributed by atoms with Crippen molar-refractivity contribution in [1.82, 2.24) is 0 Å². The molecule has 0 saturated heterocycles. The van der Waals surface area contributed by atoms with Crippen LogP contribution >= 0.6 is 11.6 Å². The number of nitro benzene ring substituents is 1. The SMILES string of the molecule is Cc1ccc(NCC(=O)Nc2cccc([N+](=O)[O-])c2C)c(Cl)c1. The fourth-order valence-corrected chi connectivity index (χ4v) is 2.39. The van der Waals surface area contributed by atoms with E-state index >= 15 is 0 Å². The lowest BCUT2D eigenvalue weighted by Gasteiger charge is -2.11. The molecule has 0 saturated carbocycles. The molecule has 2 aromatic rings. The van der Waals surface area contributed by atoms with Gasteiger partial charge in [0, 0.05) is 6.07 Å². The van der Waals surface area contributed by atoms with Crippen LogP contribution in [0.15, 0.2) is 36.4 Å². The standard InChI is InChI=1S/C16H16ClN3O3/c1-10-6-7-14(12(17)8-10)18-9-16(21)19-13-4-3-5-15(11(13)2)20(22)23/h3-8,18H,9H2,1-2H3,(H,19,21). The van der Waals surface area contributed by atoms with E-state index in [2.05, 4.69) is 10.6 Å². The fraction of sp³-hybridized carbons (Fsp3) is 0.188. The molecule has 0 radical (unpaired) electrons. The van der Waals surface area contributed by atoms with Gasteiger partial charge in [0.25, 0.3) is 5.69 Å². The van der Waals surface area contributed by atoms with Gasteiger partial charge < -0.3 is 10.6 Å². The Morgan fingerprint density at radius 1 is 1.22 bits per heavy atom. The quantitative estimate of drug-likeness (QED) is 0.641. The molecule has 1 amide bonds. The minimum atomic E-state index is -0.477. The first-order chi connectivity index (χ1) is 10.9. The molecule has 6 nitrogen and oxygen atoms in total. The van der Waals surface area contributed by atoms with Crippen LogP contribution in [0.3, 0.4) is 0 Å². The molecule has 0 aliphatic carbocycles. The van der Waals surface area contributed by atoms with Gasteiger partial charge >= 0.3 is 0 Å². The molecular formula is C16H16ClN3O3. The first-order valence-electron chi connectivity index (χ1n) is 6.92. The van der Waals surface area contributed by atoms with Crippen LogP contribution in [0, 0.1) is 24.0 Å². The minimum Gasteiger partial charge on any atom is -0.375 e. The number of nitro groups is 1. The maximum atomic E-state index is 12.0. The Hall–Kier alpha value is -2.60. The molecule has 2 N–H and O–H groups in total. The molecule has 23 heavy (non-hydrogen) atoms. The number of amides is 1. The van der Waals surface area contributed by atoms with Gasteiger partial charge in [-0.25, -0.2) is 0 Å². The van der Waals surface area contributed by atoms with E-state index in [0.29, 0.717) is 22.0 Å². The number of halogens is 1. The molecule has 0 bridgehead atoms. The van der Waals surface area contributed by atoms with E-state index in [1.165, 1.54) is 12.1 Å². The largest absolute Gasteiger partial charge is 0.375 e. The highest BCUT2D eigenvalue weighted by Gasteiger charge is 2.14. The van der Waals surface area contributed by atoms with E-state index in [-0.39, 0.29) is 18.1 Å². The molecule has 0 atom stereocenters. The number of benzene rings is 2. The van der Waals surface area contributed by atoms with E-state index in [1.807, 2.05) is 13.0 Å². The van der Waals surface area contributed by atoms with Crippen LogP contribution in [0.4, 0.5) is 17.1 Å². The number of nitrogens with zero attached hydrogens (tertiary/aromatic N) is 1. The van der Waals surface area contributed by atoms with Crippen molar-refractivity contribution in [1.29, 1.82) is 0 Å². The number of rotatable bonds is 5. The Labute approximate surface area is 138 Å². The molecule has 0 unspecified atom stereocenters. The average molecular weight is 334 g/mol. The molecule has 2 aromatic carbocycles. The predicted octanol–water partition coefficient (Wildman–Crippen LogP) is 3.92. The maximum absolute atomic E-state index is 12.0. The van der Waals surface area contributed by atoms with Crippen LogP contribution in [0.25, 0.3) is 0 Å². The number of nitrogens with one attached hydrogen (secondary N) is 2. The topological polar surface area (TPSA) is 84.3 Å². The van der Waals surface area contributed by atoms with Gasteiger partial charge in [-0.15, -0.1) is 0 Å². The molecule has 0 aromatic heterocycles. The molecule has 0 aliphatic rings. The molecular weight excluding hydrogens is 318 g/mol. The molecule has 2 rings (SSSR count). The van der Waals surface area contributed by atoms with Crippen molar-refractivity contribution in [2.24, 2.45) is 0 Å². The third-order valence-corrected chi connectivity index (χ3v) is 3.65. The fourth-order valence-electron chi connectivity index (χ4n) is 2.09. The number of anilines is 2. The predicted molar refractivity (Wildman–Crippen MR) is 91.1 cm³/mol. The monoisotopic (exact) mass is 333 g/mol. The van der Waals surface area contributed by atoms with E-state index in [0.717, 1.165) is 5.56 Å². The van der Waals surface area contributed by atoms with Crippen molar-refractivity contribution in [3.05, 3.63) is 62.7 Å². The van der Waals surface area contributed by atoms with Crippen molar-refractivity contribution in [3.8, 4) is 0 Å². The summed E-state index contributed by atoms with van der Waals surface area (Å²) >= 11 is 6.08. The zero-order valence-corrected chi connectivity index (χ0v) is 13.5. The molecule has 0 fully saturated rings. The number of hydrogen-bond acceptors (Lipinski definition) is 4. The van der Waals surface area contributed by atoms with E-state index in [1.54, 1.807) is 25.1 Å². The Morgan fingerprint density at radius 2 is 1.96 bits per heavy atom. The lowest BCUT2D eigenvalue weighted by atomic mass is 10.1. The van der Waals surface area contributed by atoms with Crippen LogP contribution in [-0.2, 0) is 4.79 Å². The normalized spacial score (nSPS) is 10.2. The summed E-state index contributed by atoms with van der Waals surface area (Å²) in [5.41, 5.74) is 2.48. The van der Waals surface area contributed by atoms with E-state index < -0.39 is 4.92 Å². The number of carbonyl (C=O) groups excluding carboxylic acids is 1. The summed E-state index contributed by atoms with van der Waals surface area (Å²) in [7, 11) is 0. The van der Waals surface area contributed by atoms with Gasteiger partial charge in [0.2, 0.25) is 5.91 Å². The van der Waals surface area contributed by atoms with Crippen molar-refractivity contribution < 1.29 is 9.72 Å². The van der Waals surface area contributed by atoms with Crippen molar-refractivity contribution in [2.45, 2.75) is 13.8 Å². The van der Waals surface area contributed by atoms with Crippen LogP contribution < -0.4 is 10.6 Å². The van der Waals surface area contributed by atoms with Crippen molar-refractivity contribution in [2.75, 3.05) is 17.2 Å². The highest BCUT2D eigenvalue weighted by molar-refractivity contribution is 6.33. The van der Waals surface area contributed by atoms with Gasteiger partial charge in [-0.3, -0.25) is 14.9 Å².